The molecule has 0 saturated heterocycles. The molecule has 0 fully saturated rings. The van der Waals surface area contributed by atoms with Gasteiger partial charge in [0.2, 0.25) is 0 Å². The Morgan fingerprint density at radius 1 is 1.29 bits per heavy atom. The number of aromatic nitrogens is 1. The number of hydrogen-bond acceptors (Lipinski definition) is 6. The van der Waals surface area contributed by atoms with Crippen molar-refractivity contribution in [2.24, 2.45) is 0 Å². The van der Waals surface area contributed by atoms with Gasteiger partial charge in [-0.2, -0.15) is 0 Å². The molecule has 1 amide bonds. The molecule has 0 aliphatic carbocycles. The number of halogens is 1. The van der Waals surface area contributed by atoms with Crippen LogP contribution in [0.5, 0.6) is 0 Å². The van der Waals surface area contributed by atoms with Crippen molar-refractivity contribution in [2.75, 3.05) is 17.7 Å². The maximum atomic E-state index is 12.7. The Balaban J connectivity index is 1.67. The van der Waals surface area contributed by atoms with Crippen LogP contribution in [-0.2, 0) is 14.3 Å². The number of nitrogens with one attached hydrogen (secondary N) is 1. The van der Waals surface area contributed by atoms with Crippen molar-refractivity contribution in [3.8, 4) is 0 Å². The maximum Gasteiger partial charge on any atom is 0.316 e. The maximum absolute atomic E-state index is 12.7. The summed E-state index contributed by atoms with van der Waals surface area (Å²) in [7, 11) is 0. The van der Waals surface area contributed by atoms with Gasteiger partial charge in [-0.3, -0.25) is 9.59 Å². The number of carbonyl (C=O) groups excluding carboxylic acids is 2. The molecule has 2 aromatic rings. The fourth-order valence-corrected chi connectivity index (χ4v) is 2.01. The SMILES string of the molecule is O=C(COC(=O)CSc1ccc(F)cc1)Nc1ccon1. The Hall–Kier alpha value is -2.35. The third kappa shape index (κ3) is 5.27. The molecule has 0 bridgehead atoms. The number of nitrogens with zero attached hydrogens (tertiary/aromatic N) is 1. The minimum Gasteiger partial charge on any atom is -0.455 e. The minimum atomic E-state index is -0.542. The highest BCUT2D eigenvalue weighted by Crippen LogP contribution is 2.18. The third-order valence-electron chi connectivity index (χ3n) is 2.24. The molecule has 8 heteroatoms. The van der Waals surface area contributed by atoms with Crippen molar-refractivity contribution in [1.29, 1.82) is 0 Å². The summed E-state index contributed by atoms with van der Waals surface area (Å²) in [5.74, 6) is -1.12. The zero-order chi connectivity index (χ0) is 15.1. The van der Waals surface area contributed by atoms with Gasteiger partial charge in [-0.25, -0.2) is 4.39 Å². The van der Waals surface area contributed by atoms with Crippen LogP contribution in [0, 0.1) is 5.82 Å². The second kappa shape index (κ2) is 7.44. The van der Waals surface area contributed by atoms with Gasteiger partial charge in [0, 0.05) is 11.0 Å². The van der Waals surface area contributed by atoms with E-state index in [4.69, 9.17) is 4.74 Å². The Bertz CT molecular complexity index is 601. The number of benzene rings is 1. The molecular weight excluding hydrogens is 299 g/mol. The number of anilines is 1. The number of thioether (sulfide) groups is 1. The van der Waals surface area contributed by atoms with E-state index in [0.717, 1.165) is 4.90 Å². The van der Waals surface area contributed by atoms with Crippen molar-refractivity contribution < 1.29 is 23.2 Å². The van der Waals surface area contributed by atoms with Crippen LogP contribution < -0.4 is 5.32 Å². The first kappa shape index (κ1) is 15.0. The lowest BCUT2D eigenvalue weighted by atomic mass is 10.4. The summed E-state index contributed by atoms with van der Waals surface area (Å²) in [5.41, 5.74) is 0. The largest absolute Gasteiger partial charge is 0.455 e. The van der Waals surface area contributed by atoms with Crippen molar-refractivity contribution in [3.63, 3.8) is 0 Å². The summed E-state index contributed by atoms with van der Waals surface area (Å²) >= 11 is 1.19. The zero-order valence-electron chi connectivity index (χ0n) is 10.7. The van der Waals surface area contributed by atoms with Crippen LogP contribution >= 0.6 is 11.8 Å². The summed E-state index contributed by atoms with van der Waals surface area (Å²) in [6.07, 6.45) is 1.31. The summed E-state index contributed by atoms with van der Waals surface area (Å²) in [5, 5.41) is 5.87. The highest BCUT2D eigenvalue weighted by Gasteiger charge is 2.09. The lowest BCUT2D eigenvalue weighted by Crippen LogP contribution is -2.21. The van der Waals surface area contributed by atoms with Gasteiger partial charge in [-0.1, -0.05) is 5.16 Å². The van der Waals surface area contributed by atoms with Gasteiger partial charge in [-0.15, -0.1) is 11.8 Å². The Morgan fingerprint density at radius 3 is 2.71 bits per heavy atom. The zero-order valence-corrected chi connectivity index (χ0v) is 11.6. The van der Waals surface area contributed by atoms with E-state index in [0.29, 0.717) is 0 Å². The van der Waals surface area contributed by atoms with Crippen LogP contribution in [0.15, 0.2) is 46.0 Å². The molecule has 0 spiro atoms. The third-order valence-corrected chi connectivity index (χ3v) is 3.23. The average Bonchev–Trinajstić information content (AvgIpc) is 2.97. The molecule has 0 aliphatic rings. The second-order valence-electron chi connectivity index (χ2n) is 3.84. The molecule has 1 aromatic heterocycles. The van der Waals surface area contributed by atoms with Gasteiger partial charge in [0.25, 0.3) is 5.91 Å². The van der Waals surface area contributed by atoms with Crippen LogP contribution in [0.1, 0.15) is 0 Å². The van der Waals surface area contributed by atoms with E-state index in [1.54, 1.807) is 12.1 Å². The van der Waals surface area contributed by atoms with Crippen LogP contribution in [0.3, 0.4) is 0 Å². The fraction of sp³-hybridized carbons (Fsp3) is 0.154. The van der Waals surface area contributed by atoms with Gasteiger partial charge < -0.3 is 14.6 Å². The number of hydrogen-bond donors (Lipinski definition) is 1. The van der Waals surface area contributed by atoms with Crippen molar-refractivity contribution >= 4 is 29.5 Å². The van der Waals surface area contributed by atoms with E-state index >= 15 is 0 Å². The van der Waals surface area contributed by atoms with E-state index in [2.05, 4.69) is 15.0 Å². The summed E-state index contributed by atoms with van der Waals surface area (Å²) < 4.78 is 22.0. The highest BCUT2D eigenvalue weighted by molar-refractivity contribution is 8.00. The molecule has 1 N–H and O–H groups in total. The molecule has 110 valence electrons. The predicted octanol–water partition coefficient (Wildman–Crippen LogP) is 2.09. The molecule has 0 saturated carbocycles. The van der Waals surface area contributed by atoms with Crippen LogP contribution in [0.2, 0.25) is 0 Å². The quantitative estimate of drug-likeness (QED) is 0.650. The van der Waals surface area contributed by atoms with E-state index in [1.165, 1.54) is 36.2 Å². The van der Waals surface area contributed by atoms with Gasteiger partial charge in [0.15, 0.2) is 12.4 Å². The molecular formula is C13H11FN2O4S. The fourth-order valence-electron chi connectivity index (χ4n) is 1.32. The second-order valence-corrected chi connectivity index (χ2v) is 4.88. The molecule has 1 heterocycles. The molecule has 0 unspecified atom stereocenters. The number of ether oxygens (including phenoxy) is 1. The van der Waals surface area contributed by atoms with Gasteiger partial charge in [-0.05, 0) is 24.3 Å². The van der Waals surface area contributed by atoms with E-state index in [9.17, 15) is 14.0 Å². The minimum absolute atomic E-state index is 0.0306. The van der Waals surface area contributed by atoms with E-state index in [-0.39, 0.29) is 17.4 Å². The summed E-state index contributed by atoms with van der Waals surface area (Å²) in [6.45, 7) is -0.407. The van der Waals surface area contributed by atoms with E-state index in [1.807, 2.05) is 0 Å². The monoisotopic (exact) mass is 310 g/mol. The Labute approximate surface area is 123 Å². The Kier molecular flexibility index (Phi) is 5.33. The summed E-state index contributed by atoms with van der Waals surface area (Å²) in [4.78, 5) is 23.6. The highest BCUT2D eigenvalue weighted by atomic mass is 32.2. The number of amides is 1. The predicted molar refractivity (Wildman–Crippen MR) is 73.2 cm³/mol. The first-order chi connectivity index (χ1) is 10.1. The number of carbonyl (C=O) groups is 2. The van der Waals surface area contributed by atoms with Crippen LogP contribution in [-0.4, -0.2) is 29.4 Å². The Morgan fingerprint density at radius 2 is 2.05 bits per heavy atom. The first-order valence-corrected chi connectivity index (χ1v) is 6.86. The average molecular weight is 310 g/mol. The lowest BCUT2D eigenvalue weighted by Gasteiger charge is -2.04. The number of esters is 1. The topological polar surface area (TPSA) is 81.4 Å². The summed E-state index contributed by atoms with van der Waals surface area (Å²) in [6, 6.07) is 7.19. The van der Waals surface area contributed by atoms with Gasteiger partial charge in [0.05, 0.1) is 5.75 Å². The smallest absolute Gasteiger partial charge is 0.316 e. The molecule has 0 aliphatic heterocycles. The normalized spacial score (nSPS) is 10.1. The van der Waals surface area contributed by atoms with Gasteiger partial charge in [0.1, 0.15) is 12.1 Å². The molecule has 21 heavy (non-hydrogen) atoms. The van der Waals surface area contributed by atoms with Gasteiger partial charge >= 0.3 is 5.97 Å². The van der Waals surface area contributed by atoms with Crippen molar-refractivity contribution in [2.45, 2.75) is 4.90 Å². The van der Waals surface area contributed by atoms with Crippen molar-refractivity contribution in [1.82, 2.24) is 5.16 Å². The van der Waals surface area contributed by atoms with Crippen molar-refractivity contribution in [3.05, 3.63) is 42.4 Å². The standard InChI is InChI=1S/C13H11FN2O4S/c14-9-1-3-10(4-2-9)21-8-13(18)19-7-12(17)15-11-5-6-20-16-11/h1-6H,7-8H2,(H,15,16,17). The molecule has 6 nitrogen and oxygen atoms in total. The molecule has 2 rings (SSSR count). The molecule has 0 radical (unpaired) electrons. The van der Waals surface area contributed by atoms with Crippen LogP contribution in [0.25, 0.3) is 0 Å². The molecule has 1 aromatic carbocycles. The molecule has 0 atom stereocenters. The van der Waals surface area contributed by atoms with Crippen LogP contribution in [0.4, 0.5) is 10.2 Å². The lowest BCUT2D eigenvalue weighted by molar-refractivity contribution is -0.144. The van der Waals surface area contributed by atoms with E-state index < -0.39 is 18.5 Å². The number of rotatable bonds is 6. The first-order valence-electron chi connectivity index (χ1n) is 5.88.